The van der Waals surface area contributed by atoms with Crippen LogP contribution >= 0.6 is 31.8 Å². The summed E-state index contributed by atoms with van der Waals surface area (Å²) in [4.78, 5) is 4.31. The van der Waals surface area contributed by atoms with Crippen LogP contribution in [0.2, 0.25) is 0 Å². The largest absolute Gasteiger partial charge is 0.481 e. The third-order valence-electron chi connectivity index (χ3n) is 2.16. The molecule has 0 radical (unpaired) electrons. The maximum atomic E-state index is 5.09. The molecule has 0 aliphatic heterocycles. The van der Waals surface area contributed by atoms with Gasteiger partial charge in [0.2, 0.25) is 26.7 Å². The maximum absolute atomic E-state index is 5.09. The van der Waals surface area contributed by atoms with Crippen LogP contribution in [0.5, 0.6) is 5.88 Å². The molecule has 92 valence electrons. The lowest BCUT2D eigenvalue weighted by Gasteiger charge is -1.93. The first-order chi connectivity index (χ1) is 8.74. The molecule has 3 rings (SSSR count). The average Bonchev–Trinajstić information content (AvgIpc) is 2.94. The summed E-state index contributed by atoms with van der Waals surface area (Å²) in [6.07, 6.45) is 0. The second kappa shape index (κ2) is 4.79. The van der Waals surface area contributed by atoms with Crippen LogP contribution in [0.1, 0.15) is 5.01 Å². The summed E-state index contributed by atoms with van der Waals surface area (Å²) < 4.78 is 10.6. The van der Waals surface area contributed by atoms with Crippen LogP contribution in [0, 0.1) is 6.92 Å². The van der Waals surface area contributed by atoms with Crippen molar-refractivity contribution in [1.82, 2.24) is 19.6 Å². The third-order valence-corrected chi connectivity index (χ3v) is 6.31. The quantitative estimate of drug-likeness (QED) is 0.547. The number of nitrogens with zero attached hydrogens (tertiary/aromatic N) is 4. The molecule has 0 saturated heterocycles. The molecule has 1 unspecified atom stereocenters. The second-order valence-corrected chi connectivity index (χ2v) is 7.91. The normalized spacial score (nSPS) is 12.0. The lowest BCUT2D eigenvalue weighted by atomic mass is 10.4. The fourth-order valence-electron chi connectivity index (χ4n) is 1.37. The molecule has 0 aliphatic rings. The number of methoxy groups -OCH3 is 1. The Hall–Kier alpha value is -1.25. The molecule has 1 atom stereocenters. The minimum Gasteiger partial charge on any atom is -0.481 e. The molecule has 0 amide bonds. The minimum atomic E-state index is -0.265. The minimum absolute atomic E-state index is 0.265. The van der Waals surface area contributed by atoms with Crippen LogP contribution in [0.4, 0.5) is 0 Å². The van der Waals surface area contributed by atoms with Crippen molar-refractivity contribution < 1.29 is 4.74 Å². The predicted octanol–water partition coefficient (Wildman–Crippen LogP) is 3.10. The molecule has 0 saturated carbocycles. The number of ether oxygens (including phenoxy) is 1. The first-order valence-corrected chi connectivity index (χ1v) is 8.47. The van der Waals surface area contributed by atoms with E-state index in [4.69, 9.17) is 4.74 Å². The van der Waals surface area contributed by atoms with Crippen molar-refractivity contribution in [2.45, 2.75) is 11.3 Å². The number of aromatic nitrogens is 4. The van der Waals surface area contributed by atoms with E-state index in [2.05, 4.69) is 24.9 Å². The van der Waals surface area contributed by atoms with Gasteiger partial charge in [0.15, 0.2) is 15.1 Å². The molecule has 0 fully saturated rings. The number of fused-ring (bicyclic) bond motifs is 1. The van der Waals surface area contributed by atoms with Gasteiger partial charge >= 0.3 is 0 Å². The third kappa shape index (κ3) is 2.31. The van der Waals surface area contributed by atoms with Crippen molar-refractivity contribution in [3.63, 3.8) is 0 Å². The summed E-state index contributed by atoms with van der Waals surface area (Å²) in [6, 6.07) is 3.82. The monoisotopic (exact) mass is 297 g/mol. The van der Waals surface area contributed by atoms with Crippen molar-refractivity contribution in [3.05, 3.63) is 22.5 Å². The van der Waals surface area contributed by atoms with Crippen LogP contribution in [-0.2, 0) is 0 Å². The van der Waals surface area contributed by atoms with Gasteiger partial charge in [-0.3, -0.25) is 0 Å². The van der Waals surface area contributed by atoms with Crippen LogP contribution in [0.3, 0.4) is 0 Å². The summed E-state index contributed by atoms with van der Waals surface area (Å²) in [5.74, 6) is 0.591. The van der Waals surface area contributed by atoms with E-state index in [-0.39, 0.29) is 9.70 Å². The van der Waals surface area contributed by atoms with Gasteiger partial charge in [-0.05, 0) is 17.4 Å². The van der Waals surface area contributed by atoms with Gasteiger partial charge in [-0.2, -0.15) is 4.98 Å². The standard InChI is InChI=1S/C10H9N4OS3/c1-6-12-13-10(16-6)17-18-5-7-3-4-8(15-2)11-9(7)14-18/h3-5H,1-2H3/q+1. The summed E-state index contributed by atoms with van der Waals surface area (Å²) in [5.41, 5.74) is 0.742. The van der Waals surface area contributed by atoms with E-state index in [1.807, 2.05) is 19.1 Å². The van der Waals surface area contributed by atoms with E-state index in [9.17, 15) is 0 Å². The van der Waals surface area contributed by atoms with Gasteiger partial charge in [-0.1, -0.05) is 11.3 Å². The molecule has 0 N–H and O–H groups in total. The molecular weight excluding hydrogens is 288 g/mol. The van der Waals surface area contributed by atoms with Gasteiger partial charge in [0, 0.05) is 6.07 Å². The Bertz CT molecular complexity index is 693. The topological polar surface area (TPSA) is 60.8 Å². The Morgan fingerprint density at radius 3 is 2.94 bits per heavy atom. The van der Waals surface area contributed by atoms with Crippen molar-refractivity contribution in [1.29, 1.82) is 0 Å². The molecule has 5 nitrogen and oxygen atoms in total. The molecule has 8 heteroatoms. The summed E-state index contributed by atoms with van der Waals surface area (Å²) in [7, 11) is 2.95. The molecule has 0 aliphatic carbocycles. The zero-order chi connectivity index (χ0) is 12.5. The first-order valence-electron chi connectivity index (χ1n) is 5.08. The van der Waals surface area contributed by atoms with Gasteiger partial charge in [-0.15, -0.1) is 10.2 Å². The van der Waals surface area contributed by atoms with Gasteiger partial charge in [0.1, 0.15) is 5.01 Å². The lowest BCUT2D eigenvalue weighted by Crippen LogP contribution is -1.86. The fraction of sp³-hybridized carbons (Fsp3) is 0.200. The number of hydrogen-bond acceptors (Lipinski definition) is 7. The van der Waals surface area contributed by atoms with Gasteiger partial charge in [0.05, 0.1) is 12.5 Å². The Balaban J connectivity index is 1.93. The average molecular weight is 297 g/mol. The lowest BCUT2D eigenvalue weighted by molar-refractivity contribution is 0.399. The van der Waals surface area contributed by atoms with Gasteiger partial charge in [-0.25, -0.2) is 0 Å². The summed E-state index contributed by atoms with van der Waals surface area (Å²) in [6.45, 7) is 1.95. The van der Waals surface area contributed by atoms with Crippen LogP contribution in [-0.4, -0.2) is 26.7 Å². The van der Waals surface area contributed by atoms with Crippen molar-refractivity contribution in [2.75, 3.05) is 7.11 Å². The smallest absolute Gasteiger partial charge is 0.233 e. The Labute approximate surface area is 114 Å². The van der Waals surface area contributed by atoms with Crippen molar-refractivity contribution >= 4 is 42.9 Å². The van der Waals surface area contributed by atoms with E-state index in [1.54, 1.807) is 29.2 Å². The highest BCUT2D eigenvalue weighted by Crippen LogP contribution is 2.40. The molecular formula is C10H9N4OS3+. The number of pyridine rings is 1. The SMILES string of the molecule is COc1ccc2c[s+](Sc3nnc(C)s3)nc2n1. The maximum Gasteiger partial charge on any atom is 0.233 e. The van der Waals surface area contributed by atoms with Crippen LogP contribution in [0.15, 0.2) is 21.9 Å². The van der Waals surface area contributed by atoms with Crippen LogP contribution in [0.25, 0.3) is 11.0 Å². The summed E-state index contributed by atoms with van der Waals surface area (Å²) >= 11 is 1.58. The number of rotatable bonds is 3. The van der Waals surface area contributed by atoms with E-state index in [0.717, 1.165) is 20.4 Å². The van der Waals surface area contributed by atoms with Crippen molar-refractivity contribution in [3.8, 4) is 5.88 Å². The van der Waals surface area contributed by atoms with Crippen LogP contribution < -0.4 is 4.74 Å². The molecule has 0 bridgehead atoms. The molecule has 18 heavy (non-hydrogen) atoms. The van der Waals surface area contributed by atoms with E-state index < -0.39 is 0 Å². The number of hydrogen-bond donors (Lipinski definition) is 0. The van der Waals surface area contributed by atoms with E-state index >= 15 is 0 Å². The predicted molar refractivity (Wildman–Crippen MR) is 74.5 cm³/mol. The van der Waals surface area contributed by atoms with Gasteiger partial charge in [0.25, 0.3) is 0 Å². The highest BCUT2D eigenvalue weighted by Gasteiger charge is 2.19. The molecule has 3 heterocycles. The Kier molecular flexibility index (Phi) is 3.14. The zero-order valence-corrected chi connectivity index (χ0v) is 12.1. The molecule has 0 aromatic carbocycles. The zero-order valence-electron chi connectivity index (χ0n) is 9.65. The second-order valence-electron chi connectivity index (χ2n) is 3.42. The van der Waals surface area contributed by atoms with E-state index in [0.29, 0.717) is 5.88 Å². The highest BCUT2D eigenvalue weighted by molar-refractivity contribution is 8.45. The highest BCUT2D eigenvalue weighted by atomic mass is 33.1. The fourth-order valence-corrected chi connectivity index (χ4v) is 5.61. The van der Waals surface area contributed by atoms with E-state index in [1.165, 1.54) is 0 Å². The van der Waals surface area contributed by atoms with Crippen molar-refractivity contribution in [2.24, 2.45) is 0 Å². The first kappa shape index (κ1) is 11.8. The Morgan fingerprint density at radius 1 is 1.33 bits per heavy atom. The van der Waals surface area contributed by atoms with Gasteiger partial charge < -0.3 is 4.74 Å². The Morgan fingerprint density at radius 2 is 2.22 bits per heavy atom. The molecule has 3 aromatic rings. The summed E-state index contributed by atoms with van der Waals surface area (Å²) in [5, 5.41) is 12.2. The molecule has 3 aromatic heterocycles. The number of aryl methyl sites for hydroxylation is 1. The molecule has 0 spiro atoms.